The van der Waals surface area contributed by atoms with Crippen LogP contribution in [0, 0.1) is 0 Å². The van der Waals surface area contributed by atoms with Gasteiger partial charge in [-0.2, -0.15) is 11.8 Å². The number of aliphatic hydroxyl groups is 1. The summed E-state index contributed by atoms with van der Waals surface area (Å²) in [4.78, 5) is 0. The van der Waals surface area contributed by atoms with Crippen molar-refractivity contribution in [1.29, 1.82) is 0 Å². The van der Waals surface area contributed by atoms with Gasteiger partial charge in [0.15, 0.2) is 0 Å². The average Bonchev–Trinajstić information content (AvgIpc) is 2.10. The van der Waals surface area contributed by atoms with Crippen molar-refractivity contribution in [2.45, 2.75) is 12.8 Å². The predicted octanol–water partition coefficient (Wildman–Crippen LogP) is 0.0404. The molecule has 0 aromatic carbocycles. The molecule has 0 saturated heterocycles. The molecule has 0 aromatic rings. The Bertz CT molecular complexity index is 73.5. The normalized spacial score (nSPS) is 10.5. The smallest absolute Gasteiger partial charge is 0.0438 e. The topological polar surface area (TPSA) is 58.3 Å². The van der Waals surface area contributed by atoms with E-state index in [0.29, 0.717) is 6.61 Å². The SMILES string of the molecule is NCCCNCCSCCCO. The average molecular weight is 192 g/mol. The van der Waals surface area contributed by atoms with Gasteiger partial charge in [-0.25, -0.2) is 0 Å². The van der Waals surface area contributed by atoms with Crippen molar-refractivity contribution in [2.24, 2.45) is 5.73 Å². The zero-order valence-corrected chi connectivity index (χ0v) is 8.41. The van der Waals surface area contributed by atoms with Gasteiger partial charge in [0.25, 0.3) is 0 Å². The van der Waals surface area contributed by atoms with Gasteiger partial charge in [0.2, 0.25) is 0 Å². The summed E-state index contributed by atoms with van der Waals surface area (Å²) in [5, 5.41) is 11.8. The number of nitrogens with two attached hydrogens (primary N) is 1. The van der Waals surface area contributed by atoms with Gasteiger partial charge < -0.3 is 16.2 Å². The van der Waals surface area contributed by atoms with Crippen molar-refractivity contribution in [2.75, 3.05) is 37.7 Å². The second kappa shape index (κ2) is 11.2. The number of nitrogens with one attached hydrogen (secondary N) is 1. The van der Waals surface area contributed by atoms with E-state index in [9.17, 15) is 0 Å². The maximum atomic E-state index is 8.50. The lowest BCUT2D eigenvalue weighted by Gasteiger charge is -2.02. The molecule has 0 saturated carbocycles. The Balaban J connectivity index is 2.73. The van der Waals surface area contributed by atoms with E-state index in [1.165, 1.54) is 0 Å². The number of hydrogen-bond donors (Lipinski definition) is 3. The monoisotopic (exact) mass is 192 g/mol. The fourth-order valence-electron chi connectivity index (χ4n) is 0.765. The summed E-state index contributed by atoms with van der Waals surface area (Å²) in [6.07, 6.45) is 1.97. The second-order valence-corrected chi connectivity index (χ2v) is 3.81. The third-order valence-corrected chi connectivity index (χ3v) is 2.50. The van der Waals surface area contributed by atoms with E-state index < -0.39 is 0 Å². The van der Waals surface area contributed by atoms with E-state index in [1.54, 1.807) is 0 Å². The first-order valence-corrected chi connectivity index (χ1v) is 5.66. The van der Waals surface area contributed by atoms with Crippen LogP contribution in [0.1, 0.15) is 12.8 Å². The molecule has 0 heterocycles. The van der Waals surface area contributed by atoms with E-state index in [1.807, 2.05) is 11.8 Å². The number of rotatable bonds is 9. The summed E-state index contributed by atoms with van der Waals surface area (Å²) in [7, 11) is 0. The number of hydrogen-bond acceptors (Lipinski definition) is 4. The lowest BCUT2D eigenvalue weighted by Crippen LogP contribution is -2.20. The summed E-state index contributed by atoms with van der Waals surface area (Å²) in [5.74, 6) is 2.19. The van der Waals surface area contributed by atoms with Crippen molar-refractivity contribution >= 4 is 11.8 Å². The summed E-state index contributed by atoms with van der Waals surface area (Å²) in [6, 6.07) is 0. The van der Waals surface area contributed by atoms with Crippen molar-refractivity contribution in [3.05, 3.63) is 0 Å². The Morgan fingerprint density at radius 3 is 2.67 bits per heavy atom. The largest absolute Gasteiger partial charge is 0.396 e. The molecular weight excluding hydrogens is 172 g/mol. The molecule has 4 heteroatoms. The van der Waals surface area contributed by atoms with Crippen molar-refractivity contribution in [1.82, 2.24) is 5.32 Å². The van der Waals surface area contributed by atoms with Crippen LogP contribution >= 0.6 is 11.8 Å². The van der Waals surface area contributed by atoms with Crippen LogP contribution in [0.2, 0.25) is 0 Å². The minimum Gasteiger partial charge on any atom is -0.396 e. The van der Waals surface area contributed by atoms with Crippen LogP contribution in [0.5, 0.6) is 0 Å². The van der Waals surface area contributed by atoms with E-state index >= 15 is 0 Å². The summed E-state index contributed by atoms with van der Waals surface area (Å²) < 4.78 is 0. The summed E-state index contributed by atoms with van der Waals surface area (Å²) in [5.41, 5.74) is 5.34. The van der Waals surface area contributed by atoms with Gasteiger partial charge >= 0.3 is 0 Å². The first-order chi connectivity index (χ1) is 5.91. The maximum absolute atomic E-state index is 8.50. The standard InChI is InChI=1S/C8H20N2OS/c9-3-1-4-10-5-8-12-7-2-6-11/h10-11H,1-9H2. The molecule has 3 nitrogen and oxygen atoms in total. The maximum Gasteiger partial charge on any atom is 0.0438 e. The van der Waals surface area contributed by atoms with Gasteiger partial charge in [-0.15, -0.1) is 0 Å². The molecule has 0 aliphatic carbocycles. The second-order valence-electron chi connectivity index (χ2n) is 2.58. The summed E-state index contributed by atoms with van der Waals surface area (Å²) in [6.45, 7) is 3.16. The van der Waals surface area contributed by atoms with Crippen LogP contribution < -0.4 is 11.1 Å². The van der Waals surface area contributed by atoms with E-state index in [4.69, 9.17) is 10.8 Å². The molecule has 0 bridgehead atoms. The molecule has 0 spiro atoms. The highest BCUT2D eigenvalue weighted by atomic mass is 32.2. The molecule has 0 aromatic heterocycles. The minimum atomic E-state index is 0.313. The van der Waals surface area contributed by atoms with Crippen LogP contribution in [0.3, 0.4) is 0 Å². The molecular formula is C8H20N2OS. The molecule has 0 aliphatic rings. The quantitative estimate of drug-likeness (QED) is 0.452. The highest BCUT2D eigenvalue weighted by Crippen LogP contribution is 1.99. The van der Waals surface area contributed by atoms with Crippen molar-refractivity contribution < 1.29 is 5.11 Å². The van der Waals surface area contributed by atoms with Gasteiger partial charge in [0.1, 0.15) is 0 Å². The van der Waals surface area contributed by atoms with Gasteiger partial charge in [-0.3, -0.25) is 0 Å². The Hall–Kier alpha value is 0.230. The molecule has 0 unspecified atom stereocenters. The number of thioether (sulfide) groups is 1. The van der Waals surface area contributed by atoms with Crippen molar-refractivity contribution in [3.63, 3.8) is 0 Å². The van der Waals surface area contributed by atoms with Gasteiger partial charge in [0, 0.05) is 18.9 Å². The highest BCUT2D eigenvalue weighted by Gasteiger charge is 1.88. The molecule has 0 radical (unpaired) electrons. The zero-order chi connectivity index (χ0) is 9.07. The first-order valence-electron chi connectivity index (χ1n) is 4.51. The molecule has 74 valence electrons. The van der Waals surface area contributed by atoms with Gasteiger partial charge in [-0.05, 0) is 31.7 Å². The van der Waals surface area contributed by atoms with E-state index in [-0.39, 0.29) is 0 Å². The van der Waals surface area contributed by atoms with Crippen LogP contribution in [0.15, 0.2) is 0 Å². The molecule has 0 aliphatic heterocycles. The van der Waals surface area contributed by atoms with Gasteiger partial charge in [0.05, 0.1) is 0 Å². The van der Waals surface area contributed by atoms with E-state index in [0.717, 1.165) is 44.0 Å². The minimum absolute atomic E-state index is 0.313. The lowest BCUT2D eigenvalue weighted by atomic mass is 10.4. The van der Waals surface area contributed by atoms with Crippen molar-refractivity contribution in [3.8, 4) is 0 Å². The molecule has 0 fully saturated rings. The zero-order valence-electron chi connectivity index (χ0n) is 7.59. The predicted molar refractivity (Wildman–Crippen MR) is 55.6 cm³/mol. The Labute approximate surface area is 79.1 Å². The Kier molecular flexibility index (Phi) is 11.4. The van der Waals surface area contributed by atoms with Crippen LogP contribution in [-0.4, -0.2) is 42.9 Å². The Morgan fingerprint density at radius 1 is 1.17 bits per heavy atom. The van der Waals surface area contributed by atoms with E-state index in [2.05, 4.69) is 5.32 Å². The van der Waals surface area contributed by atoms with Crippen LogP contribution in [-0.2, 0) is 0 Å². The molecule has 12 heavy (non-hydrogen) atoms. The highest BCUT2D eigenvalue weighted by molar-refractivity contribution is 7.99. The molecule has 4 N–H and O–H groups in total. The van der Waals surface area contributed by atoms with Gasteiger partial charge in [-0.1, -0.05) is 0 Å². The van der Waals surface area contributed by atoms with Crippen LogP contribution in [0.4, 0.5) is 0 Å². The van der Waals surface area contributed by atoms with Crippen LogP contribution in [0.25, 0.3) is 0 Å². The molecule has 0 rings (SSSR count). The Morgan fingerprint density at radius 2 is 2.00 bits per heavy atom. The first kappa shape index (κ1) is 12.2. The number of aliphatic hydroxyl groups excluding tert-OH is 1. The molecule has 0 amide bonds. The third-order valence-electron chi connectivity index (χ3n) is 1.43. The summed E-state index contributed by atoms with van der Waals surface area (Å²) >= 11 is 1.88. The molecule has 0 atom stereocenters. The fourth-order valence-corrected chi connectivity index (χ4v) is 1.59. The lowest BCUT2D eigenvalue weighted by molar-refractivity contribution is 0.296. The fraction of sp³-hybridized carbons (Fsp3) is 1.00. The third kappa shape index (κ3) is 10.2.